The summed E-state index contributed by atoms with van der Waals surface area (Å²) in [6.45, 7) is 4.32. The maximum absolute atomic E-state index is 12.9. The number of carbonyl (C=O) groups excluding carboxylic acids is 1. The summed E-state index contributed by atoms with van der Waals surface area (Å²) in [5, 5.41) is 17.1. The molecule has 22 heavy (non-hydrogen) atoms. The fraction of sp³-hybridized carbons (Fsp3) is 0.375. The molecule has 0 fully saturated rings. The molecule has 1 heterocycles. The number of likely N-dealkylation sites (N-methyl/N-ethyl adjacent to an activating group) is 1. The Morgan fingerprint density at radius 1 is 1.36 bits per heavy atom. The van der Waals surface area contributed by atoms with Crippen LogP contribution >= 0.6 is 0 Å². The highest BCUT2D eigenvalue weighted by Crippen LogP contribution is 2.17. The SMILES string of the molecule is Cc1n[nH]c(C)c1CCN(C)C(=O)[C@@H](O)c1ccc(F)cc1. The maximum Gasteiger partial charge on any atom is 0.255 e. The van der Waals surface area contributed by atoms with E-state index in [1.165, 1.54) is 29.2 Å². The van der Waals surface area contributed by atoms with E-state index in [1.807, 2.05) is 13.8 Å². The van der Waals surface area contributed by atoms with Crippen LogP contribution in [0.4, 0.5) is 4.39 Å². The molecule has 5 nitrogen and oxygen atoms in total. The average Bonchev–Trinajstić information content (AvgIpc) is 2.83. The number of rotatable bonds is 5. The monoisotopic (exact) mass is 305 g/mol. The first kappa shape index (κ1) is 16.2. The number of hydrogen-bond acceptors (Lipinski definition) is 3. The lowest BCUT2D eigenvalue weighted by atomic mass is 10.1. The molecule has 0 aliphatic carbocycles. The number of nitrogens with one attached hydrogen (secondary N) is 1. The minimum absolute atomic E-state index is 0.383. The van der Waals surface area contributed by atoms with Crippen LogP contribution < -0.4 is 0 Å². The van der Waals surface area contributed by atoms with Gasteiger partial charge in [0.2, 0.25) is 0 Å². The lowest BCUT2D eigenvalue weighted by molar-refractivity contribution is -0.139. The van der Waals surface area contributed by atoms with Gasteiger partial charge < -0.3 is 10.0 Å². The van der Waals surface area contributed by atoms with E-state index >= 15 is 0 Å². The number of aromatic amines is 1. The van der Waals surface area contributed by atoms with E-state index in [-0.39, 0.29) is 0 Å². The van der Waals surface area contributed by atoms with Gasteiger partial charge in [0.1, 0.15) is 5.82 Å². The minimum Gasteiger partial charge on any atom is -0.378 e. The molecule has 0 saturated carbocycles. The van der Waals surface area contributed by atoms with Crippen molar-refractivity contribution in [1.29, 1.82) is 0 Å². The standard InChI is InChI=1S/C16H20FN3O2/c1-10-14(11(2)19-18-10)8-9-20(3)16(22)15(21)12-4-6-13(17)7-5-12/h4-7,15,21H,8-9H2,1-3H3,(H,18,19)/t15-/m0/s1. The predicted molar refractivity (Wildman–Crippen MR) is 80.8 cm³/mol. The first-order valence-electron chi connectivity index (χ1n) is 7.09. The number of carbonyl (C=O) groups is 1. The van der Waals surface area contributed by atoms with Crippen LogP contribution in [0.1, 0.15) is 28.6 Å². The Morgan fingerprint density at radius 3 is 2.55 bits per heavy atom. The summed E-state index contributed by atoms with van der Waals surface area (Å²) in [7, 11) is 1.64. The van der Waals surface area contributed by atoms with Crippen molar-refractivity contribution in [3.8, 4) is 0 Å². The summed E-state index contributed by atoms with van der Waals surface area (Å²) in [6.07, 6.45) is -0.621. The molecule has 0 saturated heterocycles. The number of H-pyrrole nitrogens is 1. The van der Waals surface area contributed by atoms with Gasteiger partial charge in [0.15, 0.2) is 6.10 Å². The van der Waals surface area contributed by atoms with Crippen LogP contribution in [0.2, 0.25) is 0 Å². The van der Waals surface area contributed by atoms with Gasteiger partial charge in [-0.3, -0.25) is 9.89 Å². The molecule has 0 spiro atoms. The van der Waals surface area contributed by atoms with Crippen molar-refractivity contribution in [1.82, 2.24) is 15.1 Å². The van der Waals surface area contributed by atoms with E-state index in [0.717, 1.165) is 17.0 Å². The smallest absolute Gasteiger partial charge is 0.255 e. The molecule has 2 N–H and O–H groups in total. The Balaban J connectivity index is 1.98. The van der Waals surface area contributed by atoms with Crippen LogP contribution in [-0.2, 0) is 11.2 Å². The number of amides is 1. The molecule has 1 aromatic carbocycles. The molecule has 2 rings (SSSR count). The second-order valence-corrected chi connectivity index (χ2v) is 5.38. The third-order valence-electron chi connectivity index (χ3n) is 3.77. The van der Waals surface area contributed by atoms with Crippen LogP contribution in [0.25, 0.3) is 0 Å². The zero-order valence-corrected chi connectivity index (χ0v) is 12.9. The predicted octanol–water partition coefficient (Wildman–Crippen LogP) is 1.90. The highest BCUT2D eigenvalue weighted by molar-refractivity contribution is 5.81. The summed E-state index contributed by atoms with van der Waals surface area (Å²) in [6, 6.07) is 5.28. The van der Waals surface area contributed by atoms with E-state index in [2.05, 4.69) is 10.2 Å². The van der Waals surface area contributed by atoms with Gasteiger partial charge in [-0.1, -0.05) is 12.1 Å². The topological polar surface area (TPSA) is 69.2 Å². The normalized spacial score (nSPS) is 12.2. The van der Waals surface area contributed by atoms with Gasteiger partial charge in [-0.05, 0) is 43.5 Å². The Bertz CT molecular complexity index is 632. The number of halogens is 1. The summed E-state index contributed by atoms with van der Waals surface area (Å²) >= 11 is 0. The third kappa shape index (κ3) is 3.51. The van der Waals surface area contributed by atoms with Gasteiger partial charge in [0.05, 0.1) is 5.69 Å². The highest BCUT2D eigenvalue weighted by Gasteiger charge is 2.21. The van der Waals surface area contributed by atoms with Crippen molar-refractivity contribution in [3.05, 3.63) is 52.6 Å². The first-order chi connectivity index (χ1) is 10.4. The van der Waals surface area contributed by atoms with E-state index in [0.29, 0.717) is 18.5 Å². The largest absolute Gasteiger partial charge is 0.378 e. The number of benzene rings is 1. The van der Waals surface area contributed by atoms with Gasteiger partial charge in [0.25, 0.3) is 5.91 Å². The Labute approximate surface area is 128 Å². The van der Waals surface area contributed by atoms with Gasteiger partial charge in [-0.2, -0.15) is 5.10 Å². The number of hydrogen-bond donors (Lipinski definition) is 2. The molecule has 2 aromatic rings. The van der Waals surface area contributed by atoms with Crippen LogP contribution in [-0.4, -0.2) is 39.7 Å². The molecule has 1 amide bonds. The molecular formula is C16H20FN3O2. The molecule has 0 aliphatic heterocycles. The lowest BCUT2D eigenvalue weighted by Crippen LogP contribution is -2.33. The Kier molecular flexibility index (Phi) is 4.92. The number of aryl methyl sites for hydroxylation is 2. The highest BCUT2D eigenvalue weighted by atomic mass is 19.1. The van der Waals surface area contributed by atoms with Crippen molar-refractivity contribution in [2.45, 2.75) is 26.4 Å². The van der Waals surface area contributed by atoms with E-state index < -0.39 is 17.8 Å². The third-order valence-corrected chi connectivity index (χ3v) is 3.77. The molecule has 1 aromatic heterocycles. The summed E-state index contributed by atoms with van der Waals surface area (Å²) < 4.78 is 12.9. The Hall–Kier alpha value is -2.21. The van der Waals surface area contributed by atoms with Crippen LogP contribution in [0.3, 0.4) is 0 Å². The van der Waals surface area contributed by atoms with Crippen LogP contribution in [0, 0.1) is 19.7 Å². The fourth-order valence-corrected chi connectivity index (χ4v) is 2.33. The summed E-state index contributed by atoms with van der Waals surface area (Å²) in [4.78, 5) is 13.7. The lowest BCUT2D eigenvalue weighted by Gasteiger charge is -2.21. The number of aliphatic hydroxyl groups excluding tert-OH is 1. The van der Waals surface area contributed by atoms with E-state index in [1.54, 1.807) is 7.05 Å². The first-order valence-corrected chi connectivity index (χ1v) is 7.09. The Morgan fingerprint density at radius 2 is 2.00 bits per heavy atom. The molecule has 1 atom stereocenters. The number of nitrogens with zero attached hydrogens (tertiary/aromatic N) is 2. The van der Waals surface area contributed by atoms with Gasteiger partial charge in [0, 0.05) is 19.3 Å². The van der Waals surface area contributed by atoms with Gasteiger partial charge >= 0.3 is 0 Å². The number of aromatic nitrogens is 2. The average molecular weight is 305 g/mol. The minimum atomic E-state index is -1.28. The molecule has 0 unspecified atom stereocenters. The van der Waals surface area contributed by atoms with E-state index in [9.17, 15) is 14.3 Å². The molecular weight excluding hydrogens is 285 g/mol. The molecule has 118 valence electrons. The second-order valence-electron chi connectivity index (χ2n) is 5.38. The quantitative estimate of drug-likeness (QED) is 0.886. The second kappa shape index (κ2) is 6.70. The molecule has 0 aliphatic rings. The van der Waals surface area contributed by atoms with Gasteiger partial charge in [-0.15, -0.1) is 0 Å². The molecule has 6 heteroatoms. The van der Waals surface area contributed by atoms with Crippen molar-refractivity contribution in [3.63, 3.8) is 0 Å². The molecule has 0 radical (unpaired) electrons. The van der Waals surface area contributed by atoms with Crippen LogP contribution in [0.5, 0.6) is 0 Å². The van der Waals surface area contributed by atoms with Gasteiger partial charge in [-0.25, -0.2) is 4.39 Å². The summed E-state index contributed by atoms with van der Waals surface area (Å²) in [5.41, 5.74) is 3.36. The van der Waals surface area contributed by atoms with Crippen molar-refractivity contribution in [2.75, 3.05) is 13.6 Å². The fourth-order valence-electron chi connectivity index (χ4n) is 2.33. The van der Waals surface area contributed by atoms with Crippen molar-refractivity contribution in [2.24, 2.45) is 0 Å². The zero-order chi connectivity index (χ0) is 16.3. The zero-order valence-electron chi connectivity index (χ0n) is 12.9. The van der Waals surface area contributed by atoms with Crippen molar-refractivity contribution < 1.29 is 14.3 Å². The maximum atomic E-state index is 12.9. The number of aliphatic hydroxyl groups is 1. The summed E-state index contributed by atoms with van der Waals surface area (Å²) in [5.74, 6) is -0.812. The van der Waals surface area contributed by atoms with Crippen molar-refractivity contribution >= 4 is 5.91 Å². The van der Waals surface area contributed by atoms with Crippen LogP contribution in [0.15, 0.2) is 24.3 Å². The van der Waals surface area contributed by atoms with E-state index in [4.69, 9.17) is 0 Å². The molecule has 0 bridgehead atoms.